The first-order valence-corrected chi connectivity index (χ1v) is 8.74. The van der Waals surface area contributed by atoms with Gasteiger partial charge in [0.2, 0.25) is 0 Å². The quantitative estimate of drug-likeness (QED) is 0.418. The molecule has 0 saturated heterocycles. The zero-order valence-corrected chi connectivity index (χ0v) is 12.7. The molecule has 0 unspecified atom stereocenters. The van der Waals surface area contributed by atoms with Gasteiger partial charge in [-0.15, -0.1) is 0 Å². The number of hydrogen-bond acceptors (Lipinski definition) is 9. The summed E-state index contributed by atoms with van der Waals surface area (Å²) in [6, 6.07) is 0. The lowest BCUT2D eigenvalue weighted by Crippen LogP contribution is -2.15. The van der Waals surface area contributed by atoms with Crippen LogP contribution in [0.4, 0.5) is 0 Å². The molecule has 0 aliphatic rings. The Hall–Kier alpha value is -1.20. The summed E-state index contributed by atoms with van der Waals surface area (Å²) in [6.45, 7) is 1.26. The standard InChI is InChI=1S/C9H16O9S2/c1-3-16-20(14,15)18-9(11)7-5-4-6-8(10)17-19(2,12)13/h3-7H2,1-2H3. The average molecular weight is 332 g/mol. The van der Waals surface area contributed by atoms with E-state index in [2.05, 4.69) is 12.5 Å². The second-order valence-electron chi connectivity index (χ2n) is 3.64. The fourth-order valence-corrected chi connectivity index (χ4v) is 2.14. The minimum atomic E-state index is -4.33. The van der Waals surface area contributed by atoms with Crippen LogP contribution in [-0.2, 0) is 42.7 Å². The highest BCUT2D eigenvalue weighted by atomic mass is 32.3. The van der Waals surface area contributed by atoms with Crippen molar-refractivity contribution in [1.29, 1.82) is 0 Å². The summed E-state index contributed by atoms with van der Waals surface area (Å²) in [7, 11) is -8.17. The van der Waals surface area contributed by atoms with E-state index in [1.165, 1.54) is 6.92 Å². The fraction of sp³-hybridized carbons (Fsp3) is 0.778. The Balaban J connectivity index is 3.91. The van der Waals surface area contributed by atoms with E-state index in [1.54, 1.807) is 0 Å². The summed E-state index contributed by atoms with van der Waals surface area (Å²) in [5.41, 5.74) is 0. The molecule has 0 aliphatic heterocycles. The third-order valence-electron chi connectivity index (χ3n) is 1.71. The van der Waals surface area contributed by atoms with Crippen molar-refractivity contribution < 1.29 is 39.0 Å². The predicted octanol–water partition coefficient (Wildman–Crippen LogP) is -0.126. The summed E-state index contributed by atoms with van der Waals surface area (Å²) in [6.07, 6.45) is 0.565. The maximum atomic E-state index is 11.1. The Bertz CT molecular complexity index is 532. The molecule has 0 fully saturated rings. The molecule has 0 rings (SSSR count). The normalized spacial score (nSPS) is 11.9. The van der Waals surface area contributed by atoms with Crippen LogP contribution in [0.2, 0.25) is 0 Å². The first-order valence-electron chi connectivity index (χ1n) is 5.59. The molecule has 11 heteroatoms. The molecule has 0 aromatic carbocycles. The number of rotatable bonds is 9. The smallest absolute Gasteiger partial charge is 0.346 e. The molecule has 0 radical (unpaired) electrons. The summed E-state index contributed by atoms with van der Waals surface area (Å²) >= 11 is 0. The van der Waals surface area contributed by atoms with Gasteiger partial charge in [0.15, 0.2) is 0 Å². The fourth-order valence-electron chi connectivity index (χ4n) is 1.07. The van der Waals surface area contributed by atoms with E-state index in [0.29, 0.717) is 0 Å². The molecule has 0 atom stereocenters. The van der Waals surface area contributed by atoms with Gasteiger partial charge in [0.25, 0.3) is 0 Å². The van der Waals surface area contributed by atoms with Crippen molar-refractivity contribution in [3.8, 4) is 0 Å². The van der Waals surface area contributed by atoms with E-state index in [4.69, 9.17) is 0 Å². The molecule has 0 saturated carbocycles. The molecule has 0 aromatic rings. The number of unbranched alkanes of at least 4 members (excludes halogenated alkanes) is 1. The zero-order valence-electron chi connectivity index (χ0n) is 11.0. The van der Waals surface area contributed by atoms with Crippen LogP contribution in [0.3, 0.4) is 0 Å². The largest absolute Gasteiger partial charge is 0.451 e. The molecule has 0 amide bonds. The highest BCUT2D eigenvalue weighted by Gasteiger charge is 2.17. The highest BCUT2D eigenvalue weighted by Crippen LogP contribution is 2.06. The van der Waals surface area contributed by atoms with Crippen molar-refractivity contribution in [3.63, 3.8) is 0 Å². The van der Waals surface area contributed by atoms with Gasteiger partial charge in [0.05, 0.1) is 12.9 Å². The van der Waals surface area contributed by atoms with Gasteiger partial charge in [0, 0.05) is 12.8 Å². The molecule has 9 nitrogen and oxygen atoms in total. The minimum absolute atomic E-state index is 0.138. The van der Waals surface area contributed by atoms with Gasteiger partial charge in [0.1, 0.15) is 0 Å². The summed E-state index contributed by atoms with van der Waals surface area (Å²) < 4.78 is 55.4. The summed E-state index contributed by atoms with van der Waals surface area (Å²) in [5.74, 6) is -1.96. The topological polar surface area (TPSA) is 130 Å². The van der Waals surface area contributed by atoms with E-state index in [1.807, 2.05) is 0 Å². The van der Waals surface area contributed by atoms with E-state index in [9.17, 15) is 26.4 Å². The number of carbonyl (C=O) groups is 2. The molecular weight excluding hydrogens is 316 g/mol. The average Bonchev–Trinajstić information content (AvgIpc) is 2.20. The van der Waals surface area contributed by atoms with E-state index < -0.39 is 32.5 Å². The van der Waals surface area contributed by atoms with Gasteiger partial charge in [-0.1, -0.05) is 0 Å². The van der Waals surface area contributed by atoms with Gasteiger partial charge in [-0.05, 0) is 19.8 Å². The Labute approximate surface area is 117 Å². The van der Waals surface area contributed by atoms with Crippen molar-refractivity contribution >= 4 is 32.5 Å². The van der Waals surface area contributed by atoms with Crippen LogP contribution in [0, 0.1) is 0 Å². The maximum Gasteiger partial charge on any atom is 0.451 e. The Morgan fingerprint density at radius 2 is 1.35 bits per heavy atom. The van der Waals surface area contributed by atoms with Crippen molar-refractivity contribution in [1.82, 2.24) is 0 Å². The van der Waals surface area contributed by atoms with Crippen molar-refractivity contribution in [3.05, 3.63) is 0 Å². The minimum Gasteiger partial charge on any atom is -0.346 e. The second kappa shape index (κ2) is 8.17. The monoisotopic (exact) mass is 332 g/mol. The first-order chi connectivity index (χ1) is 9.06. The van der Waals surface area contributed by atoms with E-state index >= 15 is 0 Å². The van der Waals surface area contributed by atoms with Crippen molar-refractivity contribution in [2.24, 2.45) is 0 Å². The molecule has 0 aromatic heterocycles. The molecule has 118 valence electrons. The number of carbonyl (C=O) groups excluding carboxylic acids is 2. The molecule has 0 heterocycles. The molecule has 0 aliphatic carbocycles. The van der Waals surface area contributed by atoms with Crippen LogP contribution in [-0.4, -0.2) is 41.6 Å². The lowest BCUT2D eigenvalue weighted by atomic mass is 10.2. The predicted molar refractivity (Wildman–Crippen MR) is 66.0 cm³/mol. The maximum absolute atomic E-state index is 11.1. The first kappa shape index (κ1) is 18.8. The third-order valence-corrected chi connectivity index (χ3v) is 3.12. The van der Waals surface area contributed by atoms with Crippen LogP contribution in [0.1, 0.15) is 32.6 Å². The van der Waals surface area contributed by atoms with Crippen LogP contribution in [0.15, 0.2) is 0 Å². The Kier molecular flexibility index (Phi) is 7.68. The van der Waals surface area contributed by atoms with Crippen LogP contribution >= 0.6 is 0 Å². The number of hydrogen-bond donors (Lipinski definition) is 0. The van der Waals surface area contributed by atoms with Gasteiger partial charge >= 0.3 is 32.5 Å². The van der Waals surface area contributed by atoms with Crippen LogP contribution < -0.4 is 0 Å². The summed E-state index contributed by atoms with van der Waals surface area (Å²) in [4.78, 5) is 22.1. The zero-order chi connectivity index (χ0) is 15.8. The van der Waals surface area contributed by atoms with E-state index in [0.717, 1.165) is 6.26 Å². The van der Waals surface area contributed by atoms with Crippen LogP contribution in [0.5, 0.6) is 0 Å². The Morgan fingerprint density at radius 1 is 0.900 bits per heavy atom. The van der Waals surface area contributed by atoms with Gasteiger partial charge < -0.3 is 8.37 Å². The molecular formula is C9H16O9S2. The van der Waals surface area contributed by atoms with Gasteiger partial charge in [-0.3, -0.25) is 9.59 Å². The van der Waals surface area contributed by atoms with E-state index in [-0.39, 0.29) is 32.3 Å². The van der Waals surface area contributed by atoms with Gasteiger partial charge in [-0.25, -0.2) is 4.18 Å². The SMILES string of the molecule is CCOS(=O)(=O)OC(=O)CCCCC(=O)OS(C)(=O)=O. The molecule has 0 N–H and O–H groups in total. The highest BCUT2D eigenvalue weighted by molar-refractivity contribution is 7.86. The van der Waals surface area contributed by atoms with Gasteiger partial charge in [-0.2, -0.15) is 16.8 Å². The van der Waals surface area contributed by atoms with Crippen LogP contribution in [0.25, 0.3) is 0 Å². The molecule has 0 bridgehead atoms. The van der Waals surface area contributed by atoms with Crippen molar-refractivity contribution in [2.75, 3.05) is 12.9 Å². The molecule has 0 spiro atoms. The van der Waals surface area contributed by atoms with Crippen molar-refractivity contribution in [2.45, 2.75) is 32.6 Å². The summed E-state index contributed by atoms with van der Waals surface area (Å²) in [5, 5.41) is 0. The lowest BCUT2D eigenvalue weighted by Gasteiger charge is -2.04. The Morgan fingerprint density at radius 3 is 1.75 bits per heavy atom. The molecule has 20 heavy (non-hydrogen) atoms. The lowest BCUT2D eigenvalue weighted by molar-refractivity contribution is -0.136. The second-order valence-corrected chi connectivity index (χ2v) is 6.43. The third kappa shape index (κ3) is 10.7.